The number of allylic oxidation sites excluding steroid dienone is 8. The van der Waals surface area contributed by atoms with Crippen LogP contribution < -0.4 is 0 Å². The van der Waals surface area contributed by atoms with Gasteiger partial charge in [-0.2, -0.15) is 0 Å². The summed E-state index contributed by atoms with van der Waals surface area (Å²) >= 11 is 0. The molecule has 2 aliphatic carbocycles. The van der Waals surface area contributed by atoms with Crippen LogP contribution in [0, 0.1) is 22.2 Å². The van der Waals surface area contributed by atoms with Crippen LogP contribution in [0.2, 0.25) is 0 Å². The molecule has 1 saturated heterocycles. The Labute approximate surface area is 258 Å². The normalized spacial score (nSPS) is 28.8. The molecule has 5 atom stereocenters. The standard InChI is InChI=1S/C38H50O5/c1-24(2)14-13-21-36(9,42)30-23-37-22-28(19-17-25(3)4)35(7,8)38(34(37)41,31(39)27-15-11-10-12-16-27)32(40)29(33(37)43-30)20-18-26(5)6/h10-12,14-18,28,30,42H,13,19-23H2,1-9H3. The third-order valence-electron chi connectivity index (χ3n) is 10.3. The third kappa shape index (κ3) is 5.43. The van der Waals surface area contributed by atoms with Gasteiger partial charge in [-0.25, -0.2) is 0 Å². The molecule has 1 aromatic rings. The minimum absolute atomic E-state index is 0.144. The maximum absolute atomic E-state index is 15.2. The summed E-state index contributed by atoms with van der Waals surface area (Å²) in [5.41, 5.74) is -1.13. The monoisotopic (exact) mass is 586 g/mol. The van der Waals surface area contributed by atoms with Gasteiger partial charge in [0.05, 0.1) is 11.0 Å². The van der Waals surface area contributed by atoms with E-state index in [2.05, 4.69) is 12.2 Å². The fourth-order valence-corrected chi connectivity index (χ4v) is 7.60. The van der Waals surface area contributed by atoms with Crippen molar-refractivity contribution in [3.8, 4) is 0 Å². The highest BCUT2D eigenvalue weighted by Crippen LogP contribution is 2.69. The summed E-state index contributed by atoms with van der Waals surface area (Å²) in [4.78, 5) is 45.1. The number of carbonyl (C=O) groups is 3. The second kappa shape index (κ2) is 11.8. The first-order chi connectivity index (χ1) is 20.0. The highest BCUT2D eigenvalue weighted by atomic mass is 16.5. The van der Waals surface area contributed by atoms with Gasteiger partial charge in [-0.3, -0.25) is 14.4 Å². The Morgan fingerprint density at radius 3 is 2.14 bits per heavy atom. The van der Waals surface area contributed by atoms with E-state index in [4.69, 9.17) is 4.74 Å². The number of ether oxygens (including phenoxy) is 1. The lowest BCUT2D eigenvalue weighted by atomic mass is 9.39. The van der Waals surface area contributed by atoms with Crippen LogP contribution in [0.1, 0.15) is 111 Å². The summed E-state index contributed by atoms with van der Waals surface area (Å²) < 4.78 is 6.63. The maximum Gasteiger partial charge on any atom is 0.184 e. The van der Waals surface area contributed by atoms with Gasteiger partial charge in [0.2, 0.25) is 0 Å². The first kappa shape index (κ1) is 32.9. The zero-order valence-corrected chi connectivity index (χ0v) is 27.6. The van der Waals surface area contributed by atoms with Gasteiger partial charge in [0.1, 0.15) is 11.9 Å². The summed E-state index contributed by atoms with van der Waals surface area (Å²) in [6, 6.07) is 8.79. The molecule has 3 aliphatic rings. The van der Waals surface area contributed by atoms with Crippen LogP contribution in [-0.4, -0.2) is 34.2 Å². The summed E-state index contributed by atoms with van der Waals surface area (Å²) in [5.74, 6) is -0.972. The van der Waals surface area contributed by atoms with Crippen molar-refractivity contribution in [3.05, 3.63) is 82.2 Å². The van der Waals surface area contributed by atoms with Gasteiger partial charge in [-0.05, 0) is 91.9 Å². The fourth-order valence-electron chi connectivity index (χ4n) is 7.60. The van der Waals surface area contributed by atoms with Crippen molar-refractivity contribution in [2.24, 2.45) is 22.2 Å². The van der Waals surface area contributed by atoms with Crippen molar-refractivity contribution < 1.29 is 24.2 Å². The topological polar surface area (TPSA) is 80.7 Å². The number of benzene rings is 1. The highest BCUT2D eigenvalue weighted by Gasteiger charge is 2.77. The molecule has 4 rings (SSSR count). The largest absolute Gasteiger partial charge is 0.490 e. The molecule has 5 heteroatoms. The van der Waals surface area contributed by atoms with Crippen molar-refractivity contribution in [2.75, 3.05) is 0 Å². The van der Waals surface area contributed by atoms with E-state index < -0.39 is 39.5 Å². The van der Waals surface area contributed by atoms with Gasteiger partial charge in [-0.15, -0.1) is 0 Å². The molecule has 5 nitrogen and oxygen atoms in total. The predicted octanol–water partition coefficient (Wildman–Crippen LogP) is 8.29. The van der Waals surface area contributed by atoms with Crippen molar-refractivity contribution in [1.82, 2.24) is 0 Å². The molecule has 2 bridgehead atoms. The first-order valence-corrected chi connectivity index (χ1v) is 15.7. The lowest BCUT2D eigenvalue weighted by molar-refractivity contribution is -0.162. The quantitative estimate of drug-likeness (QED) is 0.169. The Bertz CT molecular complexity index is 1410. The molecule has 5 unspecified atom stereocenters. The van der Waals surface area contributed by atoms with Crippen LogP contribution in [0.15, 0.2) is 76.6 Å². The molecule has 1 N–H and O–H groups in total. The molecular weight excluding hydrogens is 536 g/mol. The Morgan fingerprint density at radius 1 is 0.953 bits per heavy atom. The minimum atomic E-state index is -1.90. The van der Waals surface area contributed by atoms with Crippen LogP contribution in [0.3, 0.4) is 0 Å². The molecule has 2 fully saturated rings. The predicted molar refractivity (Wildman–Crippen MR) is 171 cm³/mol. The molecule has 43 heavy (non-hydrogen) atoms. The molecule has 0 aromatic heterocycles. The Kier molecular flexibility index (Phi) is 9.02. The summed E-state index contributed by atoms with van der Waals surface area (Å²) in [6.07, 6.45) is 8.28. The van der Waals surface area contributed by atoms with Crippen LogP contribution >= 0.6 is 0 Å². The average Bonchev–Trinajstić information content (AvgIpc) is 3.31. The number of aliphatic hydroxyl groups is 1. The smallest absolute Gasteiger partial charge is 0.184 e. The van der Waals surface area contributed by atoms with E-state index in [1.54, 1.807) is 31.2 Å². The molecular formula is C38H50O5. The molecule has 1 spiro atoms. The minimum Gasteiger partial charge on any atom is -0.490 e. The molecule has 1 aromatic carbocycles. The lowest BCUT2D eigenvalue weighted by Gasteiger charge is -2.58. The van der Waals surface area contributed by atoms with Gasteiger partial charge >= 0.3 is 0 Å². The number of rotatable bonds is 10. The van der Waals surface area contributed by atoms with Gasteiger partial charge in [0.25, 0.3) is 0 Å². The van der Waals surface area contributed by atoms with E-state index in [-0.39, 0.29) is 24.5 Å². The van der Waals surface area contributed by atoms with Gasteiger partial charge in [0, 0.05) is 17.6 Å². The SMILES string of the molecule is CC(C)=CCCC(C)(O)C1CC23CC(CC=C(C)C)C(C)(C)C(C(=O)c4ccccc4)(C(=O)C(CC=C(C)C)=C2O1)C3=O. The number of ketones is 3. The molecule has 1 heterocycles. The first-order valence-electron chi connectivity index (χ1n) is 15.7. The van der Waals surface area contributed by atoms with Gasteiger partial charge < -0.3 is 9.84 Å². The van der Waals surface area contributed by atoms with Crippen molar-refractivity contribution in [1.29, 1.82) is 0 Å². The number of hydrogen-bond acceptors (Lipinski definition) is 5. The highest BCUT2D eigenvalue weighted by molar-refractivity contribution is 6.36. The van der Waals surface area contributed by atoms with E-state index in [1.165, 1.54) is 5.57 Å². The lowest BCUT2D eigenvalue weighted by Crippen LogP contribution is -2.69. The van der Waals surface area contributed by atoms with E-state index in [1.807, 2.05) is 67.5 Å². The number of fused-ring (bicyclic) bond motifs is 1. The van der Waals surface area contributed by atoms with Crippen LogP contribution in [-0.2, 0) is 14.3 Å². The fraction of sp³-hybridized carbons (Fsp3) is 0.553. The van der Waals surface area contributed by atoms with Gasteiger partial charge in [0.15, 0.2) is 22.8 Å². The van der Waals surface area contributed by atoms with E-state index in [9.17, 15) is 9.90 Å². The summed E-state index contributed by atoms with van der Waals surface area (Å²) in [6.45, 7) is 17.7. The number of carbonyl (C=O) groups excluding carboxylic acids is 3. The van der Waals surface area contributed by atoms with Gasteiger partial charge in [-0.1, -0.05) is 79.1 Å². The Morgan fingerprint density at radius 2 is 1.56 bits per heavy atom. The molecule has 1 saturated carbocycles. The zero-order valence-electron chi connectivity index (χ0n) is 27.6. The third-order valence-corrected chi connectivity index (χ3v) is 10.3. The second-order valence-electron chi connectivity index (χ2n) is 14.6. The Hall–Kier alpha value is -3.05. The second-order valence-corrected chi connectivity index (χ2v) is 14.6. The number of Topliss-reactive ketones (excluding diaryl/α,β-unsaturated/α-hetero) is 3. The van der Waals surface area contributed by atoms with Crippen molar-refractivity contribution in [2.45, 2.75) is 113 Å². The molecule has 0 amide bonds. The molecule has 1 aliphatic heterocycles. The zero-order chi connectivity index (χ0) is 32.0. The average molecular weight is 587 g/mol. The number of hydrogen-bond donors (Lipinski definition) is 1. The molecule has 0 radical (unpaired) electrons. The van der Waals surface area contributed by atoms with E-state index >= 15 is 9.59 Å². The summed E-state index contributed by atoms with van der Waals surface area (Å²) in [5, 5.41) is 11.8. The van der Waals surface area contributed by atoms with Crippen molar-refractivity contribution in [3.63, 3.8) is 0 Å². The summed E-state index contributed by atoms with van der Waals surface area (Å²) in [7, 11) is 0. The Balaban J connectivity index is 1.99. The van der Waals surface area contributed by atoms with Crippen LogP contribution in [0.5, 0.6) is 0 Å². The van der Waals surface area contributed by atoms with E-state index in [0.29, 0.717) is 42.6 Å². The van der Waals surface area contributed by atoms with E-state index in [0.717, 1.165) is 11.1 Å². The maximum atomic E-state index is 15.2. The van der Waals surface area contributed by atoms with Crippen molar-refractivity contribution >= 4 is 17.3 Å². The van der Waals surface area contributed by atoms with Crippen LogP contribution in [0.4, 0.5) is 0 Å². The van der Waals surface area contributed by atoms with Crippen LogP contribution in [0.25, 0.3) is 0 Å². The molecule has 232 valence electrons.